The second-order valence-corrected chi connectivity index (χ2v) is 9.26. The van der Waals surface area contributed by atoms with Crippen molar-refractivity contribution in [3.8, 4) is 0 Å². The average Bonchev–Trinajstić information content (AvgIpc) is 3.21. The van der Waals surface area contributed by atoms with Crippen molar-refractivity contribution in [2.45, 2.75) is 30.0 Å². The Kier molecular flexibility index (Phi) is 5.05. The molecule has 0 bridgehead atoms. The Morgan fingerprint density at radius 1 is 1.26 bits per heavy atom. The van der Waals surface area contributed by atoms with Crippen LogP contribution in [0.2, 0.25) is 0 Å². The van der Waals surface area contributed by atoms with Crippen molar-refractivity contribution in [2.24, 2.45) is 0 Å². The van der Waals surface area contributed by atoms with Gasteiger partial charge in [0.15, 0.2) is 0 Å². The molecule has 0 atom stereocenters. The van der Waals surface area contributed by atoms with E-state index in [2.05, 4.69) is 9.97 Å². The van der Waals surface area contributed by atoms with Gasteiger partial charge in [-0.25, -0.2) is 4.98 Å². The molecular weight excluding hydrogens is 405 g/mol. The van der Waals surface area contributed by atoms with E-state index in [0.717, 1.165) is 33.9 Å². The number of hydrogen-bond acceptors (Lipinski definition) is 4. The van der Waals surface area contributed by atoms with Crippen molar-refractivity contribution in [3.63, 3.8) is 0 Å². The number of benzene rings is 1. The first-order valence-corrected chi connectivity index (χ1v) is 10.2. The van der Waals surface area contributed by atoms with Crippen molar-refractivity contribution < 1.29 is 9.59 Å². The van der Waals surface area contributed by atoms with E-state index in [1.54, 1.807) is 6.33 Å². The third-order valence-corrected chi connectivity index (χ3v) is 6.62. The Bertz CT molecular complexity index is 968. The maximum atomic E-state index is 12.7. The number of halogens is 2. The molecule has 1 aliphatic carbocycles. The van der Waals surface area contributed by atoms with Gasteiger partial charge in [-0.3, -0.25) is 14.5 Å². The van der Waals surface area contributed by atoms with Crippen LogP contribution in [0.3, 0.4) is 0 Å². The SMILES string of the molecule is O=C1SC(=C2CCC(Cl)(Cl)CC2)C(=O)N1C/C=C/c1ccc2nc[nH]c2c1. The second-order valence-electron chi connectivity index (χ2n) is 6.65. The molecule has 140 valence electrons. The van der Waals surface area contributed by atoms with Crippen molar-refractivity contribution in [1.29, 1.82) is 0 Å². The normalized spacial score (nSPS) is 20.4. The molecule has 0 radical (unpaired) electrons. The van der Waals surface area contributed by atoms with Crippen molar-refractivity contribution in [3.05, 3.63) is 46.6 Å². The zero-order chi connectivity index (χ0) is 19.0. The van der Waals surface area contributed by atoms with Crippen molar-refractivity contribution in [1.82, 2.24) is 14.9 Å². The molecule has 1 aromatic carbocycles. The second kappa shape index (κ2) is 7.34. The zero-order valence-electron chi connectivity index (χ0n) is 14.4. The Morgan fingerprint density at radius 3 is 2.81 bits per heavy atom. The number of fused-ring (bicyclic) bond motifs is 1. The Balaban J connectivity index is 1.45. The average molecular weight is 422 g/mol. The molecule has 1 saturated heterocycles. The molecule has 1 aromatic heterocycles. The Hall–Kier alpha value is -1.76. The van der Waals surface area contributed by atoms with Gasteiger partial charge in [0, 0.05) is 6.54 Å². The highest BCUT2D eigenvalue weighted by molar-refractivity contribution is 8.18. The summed E-state index contributed by atoms with van der Waals surface area (Å²) in [4.78, 5) is 34.0. The molecule has 0 spiro atoms. The summed E-state index contributed by atoms with van der Waals surface area (Å²) in [5.74, 6) is -0.217. The molecule has 1 N–H and O–H groups in total. The summed E-state index contributed by atoms with van der Waals surface area (Å²) in [6.07, 6.45) is 7.89. The van der Waals surface area contributed by atoms with Crippen LogP contribution >= 0.6 is 35.0 Å². The number of allylic oxidation sites excluding steroid dienone is 1. The quantitative estimate of drug-likeness (QED) is 0.540. The lowest BCUT2D eigenvalue weighted by Crippen LogP contribution is -2.28. The Morgan fingerprint density at radius 2 is 2.04 bits per heavy atom. The van der Waals surface area contributed by atoms with Gasteiger partial charge in [0.1, 0.15) is 4.33 Å². The van der Waals surface area contributed by atoms with Crippen LogP contribution in [0.5, 0.6) is 0 Å². The van der Waals surface area contributed by atoms with Gasteiger partial charge in [-0.15, -0.1) is 23.2 Å². The maximum absolute atomic E-state index is 12.7. The molecule has 1 aliphatic heterocycles. The number of nitrogens with zero attached hydrogens (tertiary/aromatic N) is 2. The van der Waals surface area contributed by atoms with Crippen LogP contribution in [0, 0.1) is 0 Å². The summed E-state index contributed by atoms with van der Waals surface area (Å²) < 4.78 is -0.724. The van der Waals surface area contributed by atoms with Crippen molar-refractivity contribution >= 4 is 63.2 Å². The number of aromatic nitrogens is 2. The number of nitrogens with one attached hydrogen (secondary N) is 1. The molecule has 2 aliphatic rings. The molecule has 27 heavy (non-hydrogen) atoms. The molecule has 0 unspecified atom stereocenters. The predicted molar refractivity (Wildman–Crippen MR) is 110 cm³/mol. The van der Waals surface area contributed by atoms with E-state index in [1.165, 1.54) is 4.90 Å². The van der Waals surface area contributed by atoms with Crippen LogP contribution in [0.1, 0.15) is 31.2 Å². The lowest BCUT2D eigenvalue weighted by atomic mass is 9.93. The number of alkyl halides is 2. The summed E-state index contributed by atoms with van der Waals surface area (Å²) in [5.41, 5.74) is 3.81. The van der Waals surface area contributed by atoms with Crippen LogP contribution in [0.15, 0.2) is 41.1 Å². The monoisotopic (exact) mass is 421 g/mol. The number of imidazole rings is 1. The number of rotatable bonds is 3. The Labute approximate surface area is 170 Å². The van der Waals surface area contributed by atoms with Crippen LogP contribution < -0.4 is 0 Å². The minimum Gasteiger partial charge on any atom is -0.345 e. The summed E-state index contributed by atoms with van der Waals surface area (Å²) in [5, 5.41) is -0.232. The first-order valence-electron chi connectivity index (χ1n) is 8.66. The number of hydrogen-bond donors (Lipinski definition) is 1. The molecule has 2 amide bonds. The van der Waals surface area contributed by atoms with E-state index in [4.69, 9.17) is 23.2 Å². The van der Waals surface area contributed by atoms with Gasteiger partial charge in [0.2, 0.25) is 0 Å². The standard InChI is InChI=1S/C19H17Cl2N3O2S/c20-19(21)7-5-13(6-8-19)16-17(25)24(18(26)27-16)9-1-2-12-3-4-14-15(10-12)23-11-22-14/h1-4,10-11H,5-9H2,(H,22,23)/b2-1+. The van der Waals surface area contributed by atoms with Crippen LogP contribution in [-0.4, -0.2) is 36.9 Å². The van der Waals surface area contributed by atoms with E-state index >= 15 is 0 Å². The van der Waals surface area contributed by atoms with Crippen LogP contribution in [-0.2, 0) is 4.79 Å². The highest BCUT2D eigenvalue weighted by Gasteiger charge is 2.38. The molecule has 2 heterocycles. The number of thioether (sulfide) groups is 1. The minimum absolute atomic E-state index is 0.217. The van der Waals surface area contributed by atoms with Gasteiger partial charge in [0.05, 0.1) is 22.3 Å². The summed E-state index contributed by atoms with van der Waals surface area (Å²) in [6, 6.07) is 5.84. The van der Waals surface area contributed by atoms with Gasteiger partial charge in [0.25, 0.3) is 11.1 Å². The van der Waals surface area contributed by atoms with E-state index in [9.17, 15) is 9.59 Å². The molecule has 2 aromatic rings. The van der Waals surface area contributed by atoms with Gasteiger partial charge in [-0.2, -0.15) is 0 Å². The van der Waals surface area contributed by atoms with Gasteiger partial charge >= 0.3 is 0 Å². The highest BCUT2D eigenvalue weighted by Crippen LogP contribution is 2.44. The first-order chi connectivity index (χ1) is 12.9. The largest absolute Gasteiger partial charge is 0.345 e. The number of aromatic amines is 1. The van der Waals surface area contributed by atoms with E-state index in [1.807, 2.05) is 30.4 Å². The topological polar surface area (TPSA) is 66.1 Å². The minimum atomic E-state index is -0.724. The van der Waals surface area contributed by atoms with Crippen molar-refractivity contribution in [2.75, 3.05) is 6.54 Å². The number of carbonyl (C=O) groups is 2. The lowest BCUT2D eigenvalue weighted by molar-refractivity contribution is -0.122. The number of carbonyl (C=O) groups excluding carboxylic acids is 2. The number of imide groups is 1. The van der Waals surface area contributed by atoms with Gasteiger partial charge < -0.3 is 4.98 Å². The molecule has 5 nitrogen and oxygen atoms in total. The van der Waals surface area contributed by atoms with E-state index < -0.39 is 4.33 Å². The van der Waals surface area contributed by atoms with Gasteiger partial charge in [-0.05, 0) is 55.1 Å². The smallest absolute Gasteiger partial charge is 0.293 e. The molecule has 4 rings (SSSR count). The molecular formula is C19H17Cl2N3O2S. The zero-order valence-corrected chi connectivity index (χ0v) is 16.7. The number of H-pyrrole nitrogens is 1. The van der Waals surface area contributed by atoms with E-state index in [0.29, 0.717) is 30.6 Å². The summed E-state index contributed by atoms with van der Waals surface area (Å²) in [6.45, 7) is 0.247. The number of amides is 2. The predicted octanol–water partition coefficient (Wildman–Crippen LogP) is 5.27. The first kappa shape index (κ1) is 18.6. The third kappa shape index (κ3) is 3.93. The molecule has 2 fully saturated rings. The summed E-state index contributed by atoms with van der Waals surface area (Å²) in [7, 11) is 0. The highest BCUT2D eigenvalue weighted by atomic mass is 35.5. The van der Waals surface area contributed by atoms with Gasteiger partial charge in [-0.1, -0.05) is 23.8 Å². The van der Waals surface area contributed by atoms with Crippen LogP contribution in [0.4, 0.5) is 4.79 Å². The van der Waals surface area contributed by atoms with E-state index in [-0.39, 0.29) is 17.7 Å². The fourth-order valence-corrected chi connectivity index (χ4v) is 4.63. The van der Waals surface area contributed by atoms with Crippen LogP contribution in [0.25, 0.3) is 17.1 Å². The fourth-order valence-electron chi connectivity index (χ4n) is 3.27. The third-order valence-electron chi connectivity index (χ3n) is 4.80. The molecule has 8 heteroatoms. The maximum Gasteiger partial charge on any atom is 0.293 e. The fraction of sp³-hybridized carbons (Fsp3) is 0.316. The lowest BCUT2D eigenvalue weighted by Gasteiger charge is -2.26. The summed E-state index contributed by atoms with van der Waals surface area (Å²) >= 11 is 13.3. The molecule has 1 saturated carbocycles.